The minimum Gasteiger partial charge on any atom is -0.497 e. The molecular formula is C12H12ClNO2S. The first-order valence-corrected chi connectivity index (χ1v) is 6.34. The molecule has 5 heteroatoms. The van der Waals surface area contributed by atoms with E-state index >= 15 is 0 Å². The van der Waals surface area contributed by atoms with Crippen molar-refractivity contribution >= 4 is 22.9 Å². The number of nitrogens with zero attached hydrogens (tertiary/aromatic N) is 1. The van der Waals surface area contributed by atoms with Crippen LogP contribution in [0.5, 0.6) is 5.75 Å². The Morgan fingerprint density at radius 3 is 2.65 bits per heavy atom. The molecule has 0 spiro atoms. The van der Waals surface area contributed by atoms with Crippen LogP contribution in [0, 0.1) is 0 Å². The van der Waals surface area contributed by atoms with Gasteiger partial charge in [-0.25, -0.2) is 4.98 Å². The SMILES string of the molecule is COc1ccc(-c2nc(Cl)c(CCO)s2)cc1. The van der Waals surface area contributed by atoms with Crippen molar-refractivity contribution in [1.29, 1.82) is 0 Å². The lowest BCUT2D eigenvalue weighted by Crippen LogP contribution is -1.86. The fourth-order valence-electron chi connectivity index (χ4n) is 1.45. The Labute approximate surface area is 109 Å². The maximum Gasteiger partial charge on any atom is 0.143 e. The van der Waals surface area contributed by atoms with E-state index in [1.165, 1.54) is 11.3 Å². The van der Waals surface area contributed by atoms with Crippen LogP contribution in [-0.2, 0) is 6.42 Å². The molecule has 2 rings (SSSR count). The predicted molar refractivity (Wildman–Crippen MR) is 69.9 cm³/mol. The van der Waals surface area contributed by atoms with Crippen LogP contribution in [0.1, 0.15) is 4.88 Å². The summed E-state index contributed by atoms with van der Waals surface area (Å²) in [5.41, 5.74) is 1.00. The first kappa shape index (κ1) is 12.4. The van der Waals surface area contributed by atoms with E-state index in [0.29, 0.717) is 11.6 Å². The number of hydrogen-bond donors (Lipinski definition) is 1. The normalized spacial score (nSPS) is 10.5. The molecule has 1 heterocycles. The van der Waals surface area contributed by atoms with Gasteiger partial charge < -0.3 is 9.84 Å². The fourth-order valence-corrected chi connectivity index (χ4v) is 2.74. The van der Waals surface area contributed by atoms with Crippen LogP contribution < -0.4 is 4.74 Å². The molecule has 0 amide bonds. The average molecular weight is 270 g/mol. The Balaban J connectivity index is 2.29. The van der Waals surface area contributed by atoms with Gasteiger partial charge in [0.05, 0.1) is 7.11 Å². The van der Waals surface area contributed by atoms with Crippen LogP contribution in [0.15, 0.2) is 24.3 Å². The van der Waals surface area contributed by atoms with Gasteiger partial charge in [0, 0.05) is 23.5 Å². The van der Waals surface area contributed by atoms with Crippen LogP contribution in [0.3, 0.4) is 0 Å². The summed E-state index contributed by atoms with van der Waals surface area (Å²) in [5, 5.41) is 10.2. The number of benzene rings is 1. The molecular weight excluding hydrogens is 258 g/mol. The molecule has 0 fully saturated rings. The van der Waals surface area contributed by atoms with Gasteiger partial charge in [0.15, 0.2) is 0 Å². The van der Waals surface area contributed by atoms with Crippen LogP contribution >= 0.6 is 22.9 Å². The minimum atomic E-state index is 0.0873. The smallest absolute Gasteiger partial charge is 0.143 e. The van der Waals surface area contributed by atoms with Gasteiger partial charge in [-0.3, -0.25) is 0 Å². The van der Waals surface area contributed by atoms with Crippen molar-refractivity contribution in [3.05, 3.63) is 34.3 Å². The second-order valence-electron chi connectivity index (χ2n) is 3.44. The third-order valence-electron chi connectivity index (χ3n) is 2.33. The van der Waals surface area contributed by atoms with Gasteiger partial charge >= 0.3 is 0 Å². The quantitative estimate of drug-likeness (QED) is 0.928. The molecule has 0 bridgehead atoms. The Morgan fingerprint density at radius 1 is 1.35 bits per heavy atom. The number of methoxy groups -OCH3 is 1. The molecule has 3 nitrogen and oxygen atoms in total. The molecule has 0 saturated carbocycles. The van der Waals surface area contributed by atoms with E-state index in [9.17, 15) is 0 Å². The first-order valence-electron chi connectivity index (χ1n) is 5.15. The summed E-state index contributed by atoms with van der Waals surface area (Å²) in [6.07, 6.45) is 0.548. The van der Waals surface area contributed by atoms with Crippen molar-refractivity contribution in [2.75, 3.05) is 13.7 Å². The van der Waals surface area contributed by atoms with Crippen molar-refractivity contribution in [3.8, 4) is 16.3 Å². The lowest BCUT2D eigenvalue weighted by molar-refractivity contribution is 0.300. The number of ether oxygens (including phenoxy) is 1. The predicted octanol–water partition coefficient (Wildman–Crippen LogP) is 3.01. The summed E-state index contributed by atoms with van der Waals surface area (Å²) in [6.45, 7) is 0.0873. The largest absolute Gasteiger partial charge is 0.497 e. The van der Waals surface area contributed by atoms with Crippen molar-refractivity contribution in [2.24, 2.45) is 0 Å². The molecule has 17 heavy (non-hydrogen) atoms. The second kappa shape index (κ2) is 5.49. The van der Waals surface area contributed by atoms with Gasteiger partial charge in [0.25, 0.3) is 0 Å². The maximum atomic E-state index is 8.90. The Kier molecular flexibility index (Phi) is 3.99. The molecule has 1 aromatic heterocycles. The highest BCUT2D eigenvalue weighted by Gasteiger charge is 2.10. The lowest BCUT2D eigenvalue weighted by atomic mass is 10.2. The molecule has 1 aromatic carbocycles. The van der Waals surface area contributed by atoms with Crippen LogP contribution in [0.25, 0.3) is 10.6 Å². The number of rotatable bonds is 4. The van der Waals surface area contributed by atoms with E-state index in [0.717, 1.165) is 21.2 Å². The lowest BCUT2D eigenvalue weighted by Gasteiger charge is -1.99. The van der Waals surface area contributed by atoms with Gasteiger partial charge in [-0.2, -0.15) is 0 Å². The topological polar surface area (TPSA) is 42.4 Å². The number of halogens is 1. The highest BCUT2D eigenvalue weighted by atomic mass is 35.5. The minimum absolute atomic E-state index is 0.0873. The van der Waals surface area contributed by atoms with Gasteiger partial charge in [-0.15, -0.1) is 11.3 Å². The van der Waals surface area contributed by atoms with E-state index < -0.39 is 0 Å². The summed E-state index contributed by atoms with van der Waals surface area (Å²) in [6, 6.07) is 7.65. The fraction of sp³-hybridized carbons (Fsp3) is 0.250. The maximum absolute atomic E-state index is 8.90. The summed E-state index contributed by atoms with van der Waals surface area (Å²) >= 11 is 7.50. The van der Waals surface area contributed by atoms with Gasteiger partial charge in [-0.05, 0) is 24.3 Å². The van der Waals surface area contributed by atoms with E-state index in [2.05, 4.69) is 4.98 Å². The van der Waals surface area contributed by atoms with Gasteiger partial charge in [0.1, 0.15) is 15.9 Å². The van der Waals surface area contributed by atoms with E-state index in [4.69, 9.17) is 21.4 Å². The highest BCUT2D eigenvalue weighted by Crippen LogP contribution is 2.31. The third-order valence-corrected chi connectivity index (χ3v) is 3.91. The second-order valence-corrected chi connectivity index (χ2v) is 4.88. The Hall–Kier alpha value is -1.10. The van der Waals surface area contributed by atoms with Crippen LogP contribution in [-0.4, -0.2) is 23.8 Å². The molecule has 0 radical (unpaired) electrons. The van der Waals surface area contributed by atoms with Crippen molar-refractivity contribution in [2.45, 2.75) is 6.42 Å². The van der Waals surface area contributed by atoms with Gasteiger partial charge in [0.2, 0.25) is 0 Å². The molecule has 2 aromatic rings. The van der Waals surface area contributed by atoms with Crippen LogP contribution in [0.4, 0.5) is 0 Å². The zero-order chi connectivity index (χ0) is 12.3. The monoisotopic (exact) mass is 269 g/mol. The number of aliphatic hydroxyl groups excluding tert-OH is 1. The van der Waals surface area contributed by atoms with Crippen molar-refractivity contribution in [3.63, 3.8) is 0 Å². The Bertz CT molecular complexity index is 496. The van der Waals surface area contributed by atoms with Gasteiger partial charge in [-0.1, -0.05) is 11.6 Å². The summed E-state index contributed by atoms with van der Waals surface area (Å²) in [5.74, 6) is 0.812. The summed E-state index contributed by atoms with van der Waals surface area (Å²) in [7, 11) is 1.63. The molecule has 0 unspecified atom stereocenters. The molecule has 0 atom stereocenters. The zero-order valence-corrected chi connectivity index (χ0v) is 10.9. The first-order chi connectivity index (χ1) is 8.24. The molecule has 0 aliphatic rings. The summed E-state index contributed by atoms with van der Waals surface area (Å²) < 4.78 is 5.10. The van der Waals surface area contributed by atoms with Crippen molar-refractivity contribution < 1.29 is 9.84 Å². The highest BCUT2D eigenvalue weighted by molar-refractivity contribution is 7.15. The number of aliphatic hydroxyl groups is 1. The number of hydrogen-bond acceptors (Lipinski definition) is 4. The molecule has 0 aliphatic heterocycles. The van der Waals surface area contributed by atoms with Crippen molar-refractivity contribution in [1.82, 2.24) is 4.98 Å². The van der Waals surface area contributed by atoms with E-state index in [1.54, 1.807) is 7.11 Å². The molecule has 1 N–H and O–H groups in total. The third kappa shape index (κ3) is 2.77. The standard InChI is InChI=1S/C12H12ClNO2S/c1-16-9-4-2-8(3-5-9)12-14-11(13)10(17-12)6-7-15/h2-5,15H,6-7H2,1H3. The van der Waals surface area contributed by atoms with Crippen LogP contribution in [0.2, 0.25) is 5.15 Å². The van der Waals surface area contributed by atoms with E-state index in [-0.39, 0.29) is 6.61 Å². The molecule has 90 valence electrons. The number of thiazole rings is 1. The Morgan fingerprint density at radius 2 is 2.06 bits per heavy atom. The molecule has 0 saturated heterocycles. The zero-order valence-electron chi connectivity index (χ0n) is 9.31. The molecule has 0 aliphatic carbocycles. The average Bonchev–Trinajstić information content (AvgIpc) is 2.72. The van der Waals surface area contributed by atoms with E-state index in [1.807, 2.05) is 24.3 Å². The number of aromatic nitrogens is 1. The summed E-state index contributed by atoms with van der Waals surface area (Å²) in [4.78, 5) is 5.20.